The lowest BCUT2D eigenvalue weighted by Crippen LogP contribution is -2.16. The van der Waals surface area contributed by atoms with Gasteiger partial charge in [-0.15, -0.1) is 6.58 Å². The van der Waals surface area contributed by atoms with Crippen molar-refractivity contribution >= 4 is 0 Å². The molecule has 1 heteroatoms. The summed E-state index contributed by atoms with van der Waals surface area (Å²) in [4.78, 5) is 2.29. The quantitative estimate of drug-likeness (QED) is 0.455. The number of rotatable bonds is 6. The van der Waals surface area contributed by atoms with Crippen LogP contribution in [0.1, 0.15) is 38.5 Å². The third-order valence-corrected chi connectivity index (χ3v) is 2.76. The molecule has 1 aliphatic heterocycles. The van der Waals surface area contributed by atoms with E-state index in [9.17, 15) is 0 Å². The molecule has 0 aliphatic carbocycles. The van der Waals surface area contributed by atoms with Crippen molar-refractivity contribution in [2.75, 3.05) is 6.54 Å². The van der Waals surface area contributed by atoms with E-state index in [2.05, 4.69) is 24.6 Å². The highest BCUT2D eigenvalue weighted by Crippen LogP contribution is 2.27. The molecular formula is C13H21N. The van der Waals surface area contributed by atoms with Gasteiger partial charge in [0.05, 0.1) is 0 Å². The van der Waals surface area contributed by atoms with Gasteiger partial charge >= 0.3 is 0 Å². The van der Waals surface area contributed by atoms with Gasteiger partial charge in [-0.25, -0.2) is 0 Å². The molecular weight excluding hydrogens is 170 g/mol. The molecule has 1 aliphatic rings. The van der Waals surface area contributed by atoms with Gasteiger partial charge in [0, 0.05) is 17.9 Å². The summed E-state index contributed by atoms with van der Waals surface area (Å²) in [6, 6.07) is 0. The molecule has 1 nitrogen and oxygen atoms in total. The van der Waals surface area contributed by atoms with Crippen molar-refractivity contribution in [2.24, 2.45) is 0 Å². The molecule has 0 atom stereocenters. The highest BCUT2D eigenvalue weighted by molar-refractivity contribution is 5.15. The van der Waals surface area contributed by atoms with Crippen LogP contribution in [0.25, 0.3) is 0 Å². The summed E-state index contributed by atoms with van der Waals surface area (Å²) in [5, 5.41) is 0. The first-order chi connectivity index (χ1) is 6.75. The molecule has 0 spiro atoms. The van der Waals surface area contributed by atoms with Crippen LogP contribution in [0.3, 0.4) is 0 Å². The first kappa shape index (κ1) is 11.1. The van der Waals surface area contributed by atoms with E-state index in [0.717, 1.165) is 25.8 Å². The third kappa shape index (κ3) is 3.06. The second-order valence-corrected chi connectivity index (χ2v) is 3.92. The van der Waals surface area contributed by atoms with Crippen LogP contribution in [0.4, 0.5) is 0 Å². The van der Waals surface area contributed by atoms with Crippen LogP contribution in [-0.4, -0.2) is 11.4 Å². The van der Waals surface area contributed by atoms with Gasteiger partial charge in [-0.05, 0) is 32.1 Å². The zero-order chi connectivity index (χ0) is 10.4. The molecule has 1 rings (SSSR count). The Hall–Kier alpha value is -0.980. The summed E-state index contributed by atoms with van der Waals surface area (Å²) in [6.45, 7) is 12.9. The lowest BCUT2D eigenvalue weighted by atomic mass is 10.2. The van der Waals surface area contributed by atoms with Gasteiger partial charge in [0.15, 0.2) is 0 Å². The number of unbranched alkanes of at least 4 members (excludes halogenated alkanes) is 3. The molecule has 0 unspecified atom stereocenters. The van der Waals surface area contributed by atoms with Gasteiger partial charge in [-0.1, -0.05) is 25.7 Å². The average Bonchev–Trinajstić information content (AvgIpc) is 2.48. The van der Waals surface area contributed by atoms with Crippen molar-refractivity contribution in [3.8, 4) is 0 Å². The average molecular weight is 191 g/mol. The zero-order valence-electron chi connectivity index (χ0n) is 9.10. The van der Waals surface area contributed by atoms with Crippen LogP contribution >= 0.6 is 0 Å². The number of likely N-dealkylation sites (tertiary alicyclic amines) is 1. The molecule has 0 bridgehead atoms. The Morgan fingerprint density at radius 2 is 1.71 bits per heavy atom. The summed E-state index contributed by atoms with van der Waals surface area (Å²) >= 11 is 0. The van der Waals surface area contributed by atoms with Gasteiger partial charge in [0.25, 0.3) is 0 Å². The smallest absolute Gasteiger partial charge is 0.0224 e. The van der Waals surface area contributed by atoms with Gasteiger partial charge < -0.3 is 4.90 Å². The molecule has 1 saturated heterocycles. The van der Waals surface area contributed by atoms with E-state index in [4.69, 9.17) is 0 Å². The molecule has 0 aromatic rings. The standard InChI is InChI=1S/C13H21N/c1-4-5-6-7-8-11-14-12(2)9-10-13(14)3/h4H,1-3,5-11H2. The maximum Gasteiger partial charge on any atom is 0.0224 e. The van der Waals surface area contributed by atoms with Crippen LogP contribution in [0.15, 0.2) is 37.2 Å². The Labute approximate surface area is 87.8 Å². The number of allylic oxidation sites excluding steroid dienone is 3. The van der Waals surface area contributed by atoms with E-state index >= 15 is 0 Å². The predicted octanol–water partition coefficient (Wildman–Crippen LogP) is 3.86. The molecule has 1 fully saturated rings. The van der Waals surface area contributed by atoms with Gasteiger partial charge in [-0.3, -0.25) is 0 Å². The highest BCUT2D eigenvalue weighted by Gasteiger charge is 2.17. The number of hydrogen-bond acceptors (Lipinski definition) is 1. The molecule has 78 valence electrons. The van der Waals surface area contributed by atoms with Crippen molar-refractivity contribution in [1.29, 1.82) is 0 Å². The fraction of sp³-hybridized carbons (Fsp3) is 0.538. The van der Waals surface area contributed by atoms with E-state index in [1.165, 1.54) is 30.7 Å². The Kier molecular flexibility index (Phi) is 4.51. The summed E-state index contributed by atoms with van der Waals surface area (Å²) < 4.78 is 0. The minimum Gasteiger partial charge on any atom is -0.350 e. The Morgan fingerprint density at radius 3 is 2.29 bits per heavy atom. The second-order valence-electron chi connectivity index (χ2n) is 3.92. The molecule has 0 aromatic heterocycles. The summed E-state index contributed by atoms with van der Waals surface area (Å²) in [5.74, 6) is 0. The van der Waals surface area contributed by atoms with E-state index in [0.29, 0.717) is 0 Å². The Morgan fingerprint density at radius 1 is 1.07 bits per heavy atom. The maximum atomic E-state index is 4.05. The lowest BCUT2D eigenvalue weighted by molar-refractivity contribution is 0.435. The summed E-state index contributed by atoms with van der Waals surface area (Å²) in [5.41, 5.74) is 2.50. The SMILES string of the molecule is C=CCCCCCN1C(=C)CCC1=C. The molecule has 0 amide bonds. The van der Waals surface area contributed by atoms with Crippen molar-refractivity contribution in [3.63, 3.8) is 0 Å². The maximum absolute atomic E-state index is 4.05. The van der Waals surface area contributed by atoms with Crippen LogP contribution < -0.4 is 0 Å². The topological polar surface area (TPSA) is 3.24 Å². The first-order valence-electron chi connectivity index (χ1n) is 5.49. The van der Waals surface area contributed by atoms with Crippen LogP contribution in [0.5, 0.6) is 0 Å². The van der Waals surface area contributed by atoms with Gasteiger partial charge in [0.1, 0.15) is 0 Å². The van der Waals surface area contributed by atoms with Crippen molar-refractivity contribution in [2.45, 2.75) is 38.5 Å². The van der Waals surface area contributed by atoms with E-state index in [1.54, 1.807) is 0 Å². The second kappa shape index (κ2) is 5.69. The molecule has 14 heavy (non-hydrogen) atoms. The highest BCUT2D eigenvalue weighted by atomic mass is 15.2. The zero-order valence-corrected chi connectivity index (χ0v) is 9.10. The molecule has 0 N–H and O–H groups in total. The molecule has 1 heterocycles. The molecule has 0 saturated carbocycles. The number of hydrogen-bond donors (Lipinski definition) is 0. The molecule has 0 radical (unpaired) electrons. The van der Waals surface area contributed by atoms with Crippen LogP contribution in [0, 0.1) is 0 Å². The number of nitrogens with zero attached hydrogens (tertiary/aromatic N) is 1. The normalized spacial score (nSPS) is 16.4. The largest absolute Gasteiger partial charge is 0.350 e. The van der Waals surface area contributed by atoms with E-state index in [1.807, 2.05) is 6.08 Å². The van der Waals surface area contributed by atoms with E-state index in [-0.39, 0.29) is 0 Å². The summed E-state index contributed by atoms with van der Waals surface area (Å²) in [7, 11) is 0. The Bertz CT molecular complexity index is 211. The monoisotopic (exact) mass is 191 g/mol. The van der Waals surface area contributed by atoms with Crippen molar-refractivity contribution in [3.05, 3.63) is 37.2 Å². The van der Waals surface area contributed by atoms with Crippen LogP contribution in [0.2, 0.25) is 0 Å². The van der Waals surface area contributed by atoms with Crippen molar-refractivity contribution in [1.82, 2.24) is 4.90 Å². The minimum absolute atomic E-state index is 1.10. The predicted molar refractivity (Wildman–Crippen MR) is 62.9 cm³/mol. The fourth-order valence-corrected chi connectivity index (χ4v) is 1.83. The third-order valence-electron chi connectivity index (χ3n) is 2.76. The van der Waals surface area contributed by atoms with Gasteiger partial charge in [0.2, 0.25) is 0 Å². The first-order valence-corrected chi connectivity index (χ1v) is 5.49. The van der Waals surface area contributed by atoms with E-state index < -0.39 is 0 Å². The lowest BCUT2D eigenvalue weighted by Gasteiger charge is -2.20. The molecule has 0 aromatic carbocycles. The minimum atomic E-state index is 1.10. The van der Waals surface area contributed by atoms with Gasteiger partial charge in [-0.2, -0.15) is 0 Å². The Balaban J connectivity index is 2.14. The fourth-order valence-electron chi connectivity index (χ4n) is 1.83. The van der Waals surface area contributed by atoms with Crippen LogP contribution in [-0.2, 0) is 0 Å². The van der Waals surface area contributed by atoms with Crippen molar-refractivity contribution < 1.29 is 0 Å². The summed E-state index contributed by atoms with van der Waals surface area (Å²) in [6.07, 6.45) is 9.12.